The Kier molecular flexibility index (Phi) is 5.97. The van der Waals surface area contributed by atoms with E-state index in [2.05, 4.69) is 75.5 Å². The van der Waals surface area contributed by atoms with Crippen molar-refractivity contribution >= 4 is 0 Å². The van der Waals surface area contributed by atoms with Gasteiger partial charge in [0.1, 0.15) is 5.75 Å². The van der Waals surface area contributed by atoms with Gasteiger partial charge in [-0.05, 0) is 36.6 Å². The molecule has 4 rings (SSSR count). The molecular weight excluding hydrogens is 360 g/mol. The molecule has 0 radical (unpaired) electrons. The highest BCUT2D eigenvalue weighted by molar-refractivity contribution is 5.34. The number of nitrogens with one attached hydrogen (secondary N) is 1. The van der Waals surface area contributed by atoms with Gasteiger partial charge in [0.25, 0.3) is 0 Å². The summed E-state index contributed by atoms with van der Waals surface area (Å²) in [6.07, 6.45) is 2.86. The SMILES string of the molecule is COc1ccccc1CCN1CCN(C(C)(c2ccccc2)c2ccn[nH]2)CC1. The molecule has 0 bridgehead atoms. The minimum Gasteiger partial charge on any atom is -0.496 e. The highest BCUT2D eigenvalue weighted by Gasteiger charge is 2.38. The van der Waals surface area contributed by atoms with E-state index in [-0.39, 0.29) is 5.54 Å². The van der Waals surface area contributed by atoms with Crippen LogP contribution in [0.3, 0.4) is 0 Å². The Morgan fingerprint density at radius 3 is 2.38 bits per heavy atom. The van der Waals surface area contributed by atoms with Gasteiger partial charge in [-0.15, -0.1) is 0 Å². The number of aromatic amines is 1. The molecule has 1 aromatic heterocycles. The summed E-state index contributed by atoms with van der Waals surface area (Å²) in [6.45, 7) is 7.53. The van der Waals surface area contributed by atoms with Crippen molar-refractivity contribution in [2.45, 2.75) is 18.9 Å². The molecule has 0 spiro atoms. The molecule has 2 aromatic carbocycles. The third kappa shape index (κ3) is 4.07. The topological polar surface area (TPSA) is 44.4 Å². The van der Waals surface area contributed by atoms with E-state index in [0.717, 1.165) is 50.6 Å². The number of rotatable bonds is 7. The largest absolute Gasteiger partial charge is 0.496 e. The molecule has 0 aliphatic carbocycles. The summed E-state index contributed by atoms with van der Waals surface area (Å²) in [7, 11) is 1.75. The number of nitrogens with zero attached hydrogens (tertiary/aromatic N) is 3. The zero-order valence-corrected chi connectivity index (χ0v) is 17.3. The highest BCUT2D eigenvalue weighted by atomic mass is 16.5. The average Bonchev–Trinajstić information content (AvgIpc) is 3.34. The fourth-order valence-electron chi connectivity index (χ4n) is 4.40. The van der Waals surface area contributed by atoms with Crippen LogP contribution in [0.25, 0.3) is 0 Å². The van der Waals surface area contributed by atoms with E-state index in [1.165, 1.54) is 11.1 Å². The second-order valence-corrected chi connectivity index (χ2v) is 7.80. The van der Waals surface area contributed by atoms with Crippen LogP contribution in [-0.4, -0.2) is 59.8 Å². The van der Waals surface area contributed by atoms with Gasteiger partial charge < -0.3 is 9.64 Å². The van der Waals surface area contributed by atoms with Crippen LogP contribution < -0.4 is 4.74 Å². The summed E-state index contributed by atoms with van der Waals surface area (Å²) < 4.78 is 5.50. The Balaban J connectivity index is 1.43. The predicted octanol–water partition coefficient (Wildman–Crippen LogP) is 3.54. The van der Waals surface area contributed by atoms with E-state index in [1.54, 1.807) is 7.11 Å². The van der Waals surface area contributed by atoms with Gasteiger partial charge >= 0.3 is 0 Å². The summed E-state index contributed by atoms with van der Waals surface area (Å²) in [5.74, 6) is 0.988. The number of para-hydroxylation sites is 1. The third-order valence-electron chi connectivity index (χ3n) is 6.26. The van der Waals surface area contributed by atoms with Crippen molar-refractivity contribution in [3.8, 4) is 5.75 Å². The van der Waals surface area contributed by atoms with Crippen LogP contribution in [0.5, 0.6) is 5.75 Å². The predicted molar refractivity (Wildman–Crippen MR) is 116 cm³/mol. The Morgan fingerprint density at radius 2 is 1.69 bits per heavy atom. The molecule has 0 saturated carbocycles. The molecule has 152 valence electrons. The molecule has 3 aromatic rings. The summed E-state index contributed by atoms with van der Waals surface area (Å²) >= 11 is 0. The fourth-order valence-corrected chi connectivity index (χ4v) is 4.40. The van der Waals surface area contributed by atoms with E-state index in [1.807, 2.05) is 18.3 Å². The Bertz CT molecular complexity index is 888. The molecule has 0 amide bonds. The van der Waals surface area contributed by atoms with Gasteiger partial charge in [0.05, 0.1) is 18.3 Å². The number of H-pyrrole nitrogens is 1. The minimum atomic E-state index is -0.202. The van der Waals surface area contributed by atoms with Crippen LogP contribution in [0, 0.1) is 0 Å². The first-order chi connectivity index (χ1) is 14.2. The van der Waals surface area contributed by atoms with Gasteiger partial charge in [0.2, 0.25) is 0 Å². The number of ether oxygens (including phenoxy) is 1. The number of hydrogen-bond donors (Lipinski definition) is 1. The van der Waals surface area contributed by atoms with Crippen molar-refractivity contribution < 1.29 is 4.74 Å². The van der Waals surface area contributed by atoms with Gasteiger partial charge in [0.15, 0.2) is 0 Å². The maximum absolute atomic E-state index is 5.50. The van der Waals surface area contributed by atoms with Crippen molar-refractivity contribution in [2.75, 3.05) is 39.8 Å². The lowest BCUT2D eigenvalue weighted by molar-refractivity contribution is 0.0605. The first-order valence-electron chi connectivity index (χ1n) is 10.4. The maximum atomic E-state index is 5.50. The second kappa shape index (κ2) is 8.80. The molecule has 1 fully saturated rings. The zero-order chi connectivity index (χ0) is 20.1. The Labute approximate surface area is 173 Å². The lowest BCUT2D eigenvalue weighted by Crippen LogP contribution is -2.55. The Hall–Kier alpha value is -2.63. The van der Waals surface area contributed by atoms with Crippen LogP contribution in [0.4, 0.5) is 0 Å². The fraction of sp³-hybridized carbons (Fsp3) is 0.375. The first-order valence-corrected chi connectivity index (χ1v) is 10.4. The lowest BCUT2D eigenvalue weighted by Gasteiger charge is -2.45. The van der Waals surface area contributed by atoms with Crippen molar-refractivity contribution in [1.82, 2.24) is 20.0 Å². The molecule has 1 atom stereocenters. The third-order valence-corrected chi connectivity index (χ3v) is 6.26. The molecule has 29 heavy (non-hydrogen) atoms. The monoisotopic (exact) mass is 390 g/mol. The van der Waals surface area contributed by atoms with E-state index in [0.29, 0.717) is 0 Å². The van der Waals surface area contributed by atoms with Crippen LogP contribution in [0.1, 0.15) is 23.7 Å². The minimum absolute atomic E-state index is 0.202. The van der Waals surface area contributed by atoms with Crippen molar-refractivity contribution in [1.29, 1.82) is 0 Å². The molecule has 5 heteroatoms. The van der Waals surface area contributed by atoms with E-state index >= 15 is 0 Å². The molecule has 5 nitrogen and oxygen atoms in total. The van der Waals surface area contributed by atoms with E-state index < -0.39 is 0 Å². The van der Waals surface area contributed by atoms with Gasteiger partial charge in [-0.25, -0.2) is 0 Å². The van der Waals surface area contributed by atoms with Crippen molar-refractivity contribution in [3.05, 3.63) is 83.7 Å². The van der Waals surface area contributed by atoms with Gasteiger partial charge in [-0.1, -0.05) is 48.5 Å². The zero-order valence-electron chi connectivity index (χ0n) is 17.3. The summed E-state index contributed by atoms with van der Waals surface area (Å²) in [5.41, 5.74) is 3.52. The molecule has 1 N–H and O–H groups in total. The first kappa shape index (κ1) is 19.7. The standard InChI is InChI=1S/C24H30N4O/c1-24(23-12-14-25-26-23,21-9-4-3-5-10-21)28-18-16-27(17-19-28)15-13-20-8-6-7-11-22(20)29-2/h3-12,14H,13,15-19H2,1-2H3,(H,25,26). The molecule has 1 aliphatic rings. The van der Waals surface area contributed by atoms with E-state index in [4.69, 9.17) is 4.74 Å². The van der Waals surface area contributed by atoms with Crippen LogP contribution in [0.15, 0.2) is 66.9 Å². The summed E-state index contributed by atoms with van der Waals surface area (Å²) in [6, 6.07) is 21.2. The number of hydrogen-bond acceptors (Lipinski definition) is 4. The molecule has 1 unspecified atom stereocenters. The highest BCUT2D eigenvalue weighted by Crippen LogP contribution is 2.35. The van der Waals surface area contributed by atoms with Gasteiger partial charge in [-0.2, -0.15) is 5.10 Å². The summed E-state index contributed by atoms with van der Waals surface area (Å²) in [5, 5.41) is 7.45. The number of benzene rings is 2. The quantitative estimate of drug-likeness (QED) is 0.670. The van der Waals surface area contributed by atoms with Crippen LogP contribution in [-0.2, 0) is 12.0 Å². The number of aromatic nitrogens is 2. The van der Waals surface area contributed by atoms with Crippen LogP contribution >= 0.6 is 0 Å². The number of methoxy groups -OCH3 is 1. The second-order valence-electron chi connectivity index (χ2n) is 7.80. The number of piperazine rings is 1. The molecule has 2 heterocycles. The molecule has 1 aliphatic heterocycles. The smallest absolute Gasteiger partial charge is 0.122 e. The normalized spacial score (nSPS) is 17.7. The lowest BCUT2D eigenvalue weighted by atomic mass is 9.86. The van der Waals surface area contributed by atoms with Crippen molar-refractivity contribution in [3.63, 3.8) is 0 Å². The van der Waals surface area contributed by atoms with E-state index in [9.17, 15) is 0 Å². The molecule has 1 saturated heterocycles. The maximum Gasteiger partial charge on any atom is 0.122 e. The van der Waals surface area contributed by atoms with Crippen molar-refractivity contribution in [2.24, 2.45) is 0 Å². The van der Waals surface area contributed by atoms with Gasteiger partial charge in [-0.3, -0.25) is 10.00 Å². The Morgan fingerprint density at radius 1 is 0.966 bits per heavy atom. The summed E-state index contributed by atoms with van der Waals surface area (Å²) in [4.78, 5) is 5.14. The van der Waals surface area contributed by atoms with Gasteiger partial charge in [0, 0.05) is 38.9 Å². The molecular formula is C24H30N4O. The average molecular weight is 391 g/mol. The van der Waals surface area contributed by atoms with Crippen LogP contribution in [0.2, 0.25) is 0 Å².